The highest BCUT2D eigenvalue weighted by Gasteiger charge is 2.11. The Morgan fingerprint density at radius 1 is 1.56 bits per heavy atom. The number of rotatable bonds is 4. The topological polar surface area (TPSA) is 68.4 Å². The molecule has 6 heteroatoms. The zero-order chi connectivity index (χ0) is 13.1. The molecule has 4 nitrogen and oxygen atoms in total. The highest BCUT2D eigenvalue weighted by molar-refractivity contribution is 9.10. The van der Waals surface area contributed by atoms with Crippen LogP contribution in [-0.2, 0) is 0 Å². The highest BCUT2D eigenvalue weighted by atomic mass is 79.9. The van der Waals surface area contributed by atoms with Gasteiger partial charge in [0.25, 0.3) is 0 Å². The number of hydrogen-bond donors (Lipinski definition) is 2. The predicted octanol–water partition coefficient (Wildman–Crippen LogP) is 2.57. The van der Waals surface area contributed by atoms with Crippen LogP contribution >= 0.6 is 27.3 Å². The van der Waals surface area contributed by atoms with Crippen molar-refractivity contribution < 1.29 is 9.84 Å². The van der Waals surface area contributed by atoms with Gasteiger partial charge in [0.15, 0.2) is 0 Å². The van der Waals surface area contributed by atoms with Gasteiger partial charge in [-0.2, -0.15) is 0 Å². The van der Waals surface area contributed by atoms with Gasteiger partial charge in [-0.15, -0.1) is 11.3 Å². The van der Waals surface area contributed by atoms with Crippen molar-refractivity contribution >= 4 is 27.3 Å². The third-order valence-electron chi connectivity index (χ3n) is 2.48. The number of aliphatic hydroxyl groups is 1. The van der Waals surface area contributed by atoms with Crippen molar-refractivity contribution in [3.05, 3.63) is 33.1 Å². The lowest BCUT2D eigenvalue weighted by Crippen LogP contribution is -2.13. The van der Waals surface area contributed by atoms with Crippen LogP contribution in [0.2, 0.25) is 0 Å². The minimum absolute atomic E-state index is 0.0980. The standard InChI is InChI=1S/C12H13BrN2O2S/c1-17-11-3-2-7(4-8(11)13)10-6-18-12(15-10)9(14)5-16/h2-4,6,9,16H,5,14H2,1H3. The molecular formula is C12H13BrN2O2S. The van der Waals surface area contributed by atoms with Crippen LogP contribution < -0.4 is 10.5 Å². The van der Waals surface area contributed by atoms with Crippen LogP contribution in [0.3, 0.4) is 0 Å². The molecule has 18 heavy (non-hydrogen) atoms. The molecule has 2 aromatic rings. The van der Waals surface area contributed by atoms with Crippen molar-refractivity contribution in [2.45, 2.75) is 6.04 Å². The molecule has 1 atom stereocenters. The van der Waals surface area contributed by atoms with Crippen molar-refractivity contribution in [1.82, 2.24) is 4.98 Å². The van der Waals surface area contributed by atoms with Gasteiger partial charge in [-0.3, -0.25) is 0 Å². The van der Waals surface area contributed by atoms with Crippen molar-refractivity contribution in [3.8, 4) is 17.0 Å². The Balaban J connectivity index is 2.31. The van der Waals surface area contributed by atoms with E-state index in [-0.39, 0.29) is 6.61 Å². The fraction of sp³-hybridized carbons (Fsp3) is 0.250. The highest BCUT2D eigenvalue weighted by Crippen LogP contribution is 2.31. The lowest BCUT2D eigenvalue weighted by Gasteiger charge is -2.05. The van der Waals surface area contributed by atoms with Crippen LogP contribution in [-0.4, -0.2) is 23.8 Å². The molecule has 0 saturated carbocycles. The monoisotopic (exact) mass is 328 g/mol. The van der Waals surface area contributed by atoms with Crippen molar-refractivity contribution in [2.24, 2.45) is 5.73 Å². The summed E-state index contributed by atoms with van der Waals surface area (Å²) in [7, 11) is 1.63. The first-order valence-corrected chi connectivity index (χ1v) is 6.98. The van der Waals surface area contributed by atoms with Gasteiger partial charge < -0.3 is 15.6 Å². The number of aromatic nitrogens is 1. The summed E-state index contributed by atoms with van der Waals surface area (Å²) in [6, 6.07) is 5.35. The molecule has 0 spiro atoms. The third kappa shape index (κ3) is 2.72. The summed E-state index contributed by atoms with van der Waals surface area (Å²) in [5.74, 6) is 0.779. The molecule has 0 aliphatic heterocycles. The molecule has 0 saturated heterocycles. The zero-order valence-corrected chi connectivity index (χ0v) is 12.2. The predicted molar refractivity (Wildman–Crippen MR) is 75.8 cm³/mol. The molecule has 0 radical (unpaired) electrons. The fourth-order valence-electron chi connectivity index (χ4n) is 1.49. The minimum atomic E-state index is -0.412. The van der Waals surface area contributed by atoms with Gasteiger partial charge in [0, 0.05) is 10.9 Å². The van der Waals surface area contributed by atoms with Gasteiger partial charge in [0.05, 0.1) is 29.9 Å². The smallest absolute Gasteiger partial charge is 0.133 e. The van der Waals surface area contributed by atoms with E-state index in [2.05, 4.69) is 20.9 Å². The Morgan fingerprint density at radius 2 is 2.33 bits per heavy atom. The normalized spacial score (nSPS) is 12.4. The minimum Gasteiger partial charge on any atom is -0.496 e. The molecule has 1 aromatic carbocycles. The van der Waals surface area contributed by atoms with Crippen LogP contribution in [0, 0.1) is 0 Å². The molecule has 0 bridgehead atoms. The Bertz CT molecular complexity index is 545. The zero-order valence-electron chi connectivity index (χ0n) is 9.76. The first-order chi connectivity index (χ1) is 8.65. The number of thiazole rings is 1. The van der Waals surface area contributed by atoms with Crippen LogP contribution in [0.4, 0.5) is 0 Å². The number of ether oxygens (including phenoxy) is 1. The molecular weight excluding hydrogens is 316 g/mol. The summed E-state index contributed by atoms with van der Waals surface area (Å²) in [6.07, 6.45) is 0. The van der Waals surface area contributed by atoms with Gasteiger partial charge >= 0.3 is 0 Å². The van der Waals surface area contributed by atoms with E-state index in [1.54, 1.807) is 7.11 Å². The van der Waals surface area contributed by atoms with E-state index >= 15 is 0 Å². The maximum atomic E-state index is 9.00. The van der Waals surface area contributed by atoms with E-state index in [1.807, 2.05) is 23.6 Å². The van der Waals surface area contributed by atoms with E-state index in [1.165, 1.54) is 11.3 Å². The quantitative estimate of drug-likeness (QED) is 0.905. The lowest BCUT2D eigenvalue weighted by molar-refractivity contribution is 0.268. The van der Waals surface area contributed by atoms with E-state index in [9.17, 15) is 0 Å². The summed E-state index contributed by atoms with van der Waals surface area (Å²) in [4.78, 5) is 4.42. The van der Waals surface area contributed by atoms with Gasteiger partial charge in [0.2, 0.25) is 0 Å². The summed E-state index contributed by atoms with van der Waals surface area (Å²) >= 11 is 4.89. The molecule has 0 amide bonds. The van der Waals surface area contributed by atoms with Crippen LogP contribution in [0.1, 0.15) is 11.0 Å². The number of hydrogen-bond acceptors (Lipinski definition) is 5. The molecule has 0 aliphatic carbocycles. The molecule has 2 rings (SSSR count). The Hall–Kier alpha value is -0.950. The molecule has 96 valence electrons. The first kappa shape index (κ1) is 13.5. The van der Waals surface area contributed by atoms with Crippen molar-refractivity contribution in [2.75, 3.05) is 13.7 Å². The summed E-state index contributed by atoms with van der Waals surface area (Å²) in [6.45, 7) is -0.0980. The second-order valence-corrected chi connectivity index (χ2v) is 5.45. The van der Waals surface area contributed by atoms with Gasteiger partial charge in [-0.25, -0.2) is 4.98 Å². The average molecular weight is 329 g/mol. The molecule has 1 unspecified atom stereocenters. The van der Waals surface area contributed by atoms with Gasteiger partial charge in [-0.05, 0) is 34.1 Å². The number of halogens is 1. The van der Waals surface area contributed by atoms with Gasteiger partial charge in [-0.1, -0.05) is 0 Å². The Labute approximate surface area is 118 Å². The third-order valence-corrected chi connectivity index (χ3v) is 4.08. The van der Waals surface area contributed by atoms with Gasteiger partial charge in [0.1, 0.15) is 10.8 Å². The number of nitrogens with two attached hydrogens (primary N) is 1. The van der Waals surface area contributed by atoms with Crippen LogP contribution in [0.15, 0.2) is 28.1 Å². The van der Waals surface area contributed by atoms with Crippen molar-refractivity contribution in [1.29, 1.82) is 0 Å². The summed E-state index contributed by atoms with van der Waals surface area (Å²) in [5.41, 5.74) is 7.56. The first-order valence-electron chi connectivity index (χ1n) is 5.31. The SMILES string of the molecule is COc1ccc(-c2csc(C(N)CO)n2)cc1Br. The Kier molecular flexibility index (Phi) is 4.34. The van der Waals surface area contributed by atoms with Crippen molar-refractivity contribution in [3.63, 3.8) is 0 Å². The number of nitrogens with zero attached hydrogens (tertiary/aromatic N) is 1. The maximum absolute atomic E-state index is 9.00. The number of methoxy groups -OCH3 is 1. The number of benzene rings is 1. The molecule has 1 aromatic heterocycles. The summed E-state index contributed by atoms with van der Waals surface area (Å²) < 4.78 is 6.06. The molecule has 3 N–H and O–H groups in total. The lowest BCUT2D eigenvalue weighted by atomic mass is 10.2. The van der Waals surface area contributed by atoms with Crippen LogP contribution in [0.5, 0.6) is 5.75 Å². The molecule has 0 fully saturated rings. The second-order valence-electron chi connectivity index (χ2n) is 3.71. The van der Waals surface area contributed by atoms with E-state index in [0.29, 0.717) is 0 Å². The van der Waals surface area contributed by atoms with E-state index < -0.39 is 6.04 Å². The largest absolute Gasteiger partial charge is 0.496 e. The Morgan fingerprint density at radius 3 is 2.94 bits per heavy atom. The van der Waals surface area contributed by atoms with E-state index in [4.69, 9.17) is 15.6 Å². The van der Waals surface area contributed by atoms with E-state index in [0.717, 1.165) is 26.5 Å². The maximum Gasteiger partial charge on any atom is 0.133 e. The second kappa shape index (κ2) is 5.79. The fourth-order valence-corrected chi connectivity index (χ4v) is 2.86. The summed E-state index contributed by atoms with van der Waals surface area (Å²) in [5, 5.41) is 11.7. The average Bonchev–Trinajstić information content (AvgIpc) is 2.87. The molecule has 0 aliphatic rings. The molecule has 1 heterocycles. The number of aliphatic hydroxyl groups excluding tert-OH is 1. The van der Waals surface area contributed by atoms with Crippen LogP contribution in [0.25, 0.3) is 11.3 Å².